The third-order valence-corrected chi connectivity index (χ3v) is 3.82. The van der Waals surface area contributed by atoms with Gasteiger partial charge in [-0.15, -0.1) is 0 Å². The Morgan fingerprint density at radius 1 is 1.33 bits per heavy atom. The van der Waals surface area contributed by atoms with Crippen LogP contribution >= 0.6 is 0 Å². The number of amides is 1. The molecule has 1 aromatic carbocycles. The van der Waals surface area contributed by atoms with Crippen LogP contribution in [0.5, 0.6) is 0 Å². The van der Waals surface area contributed by atoms with Crippen LogP contribution in [0.25, 0.3) is 0 Å². The number of rotatable bonds is 2. The first-order chi connectivity index (χ1) is 8.74. The molecule has 0 bridgehead atoms. The number of nitrogens with two attached hydrogens (primary N) is 1. The maximum absolute atomic E-state index is 12.1. The highest BCUT2D eigenvalue weighted by Crippen LogP contribution is 2.32. The number of carbonyl (C=O) groups excluding carboxylic acids is 1. The zero-order valence-electron chi connectivity index (χ0n) is 10.4. The minimum absolute atomic E-state index is 0.196. The molecule has 4 heteroatoms. The first kappa shape index (κ1) is 11.5. The summed E-state index contributed by atoms with van der Waals surface area (Å²) in [5, 5.41) is 0. The van der Waals surface area contributed by atoms with E-state index < -0.39 is 0 Å². The Bertz CT molecular complexity index is 467. The smallest absolute Gasteiger partial charge is 0.231 e. The second-order valence-corrected chi connectivity index (χ2v) is 5.13. The summed E-state index contributed by atoms with van der Waals surface area (Å²) in [5.74, 6) is 0.758. The third kappa shape index (κ3) is 2.08. The molecule has 3 rings (SSSR count). The van der Waals surface area contributed by atoms with E-state index in [1.165, 1.54) is 0 Å². The number of hydrogen-bond acceptors (Lipinski definition) is 3. The summed E-state index contributed by atoms with van der Waals surface area (Å²) in [6, 6.07) is 5.75. The Morgan fingerprint density at radius 2 is 2.11 bits per heavy atom. The molecule has 18 heavy (non-hydrogen) atoms. The maximum Gasteiger partial charge on any atom is 0.231 e. The highest BCUT2D eigenvalue weighted by Gasteiger charge is 2.29. The van der Waals surface area contributed by atoms with Crippen molar-refractivity contribution in [2.24, 2.45) is 5.92 Å². The van der Waals surface area contributed by atoms with Gasteiger partial charge in [0.1, 0.15) is 0 Å². The fraction of sp³-hybridized carbons (Fsp3) is 0.500. The first-order valence-corrected chi connectivity index (χ1v) is 6.50. The van der Waals surface area contributed by atoms with Crippen molar-refractivity contribution in [3.8, 4) is 0 Å². The van der Waals surface area contributed by atoms with Gasteiger partial charge in [-0.3, -0.25) is 4.79 Å². The molecule has 2 aliphatic rings. The minimum Gasteiger partial charge on any atom is -0.399 e. The van der Waals surface area contributed by atoms with Gasteiger partial charge in [-0.1, -0.05) is 0 Å². The molecule has 2 N–H and O–H groups in total. The summed E-state index contributed by atoms with van der Waals surface area (Å²) in [4.78, 5) is 14.0. The average molecular weight is 246 g/mol. The van der Waals surface area contributed by atoms with Crippen molar-refractivity contribution in [2.45, 2.75) is 19.3 Å². The molecule has 1 aromatic rings. The number of nitrogens with zero attached hydrogens (tertiary/aromatic N) is 1. The molecule has 2 aliphatic heterocycles. The van der Waals surface area contributed by atoms with Gasteiger partial charge in [-0.05, 0) is 42.5 Å². The van der Waals surface area contributed by atoms with Crippen molar-refractivity contribution < 1.29 is 9.53 Å². The Balaban J connectivity index is 1.78. The monoisotopic (exact) mass is 246 g/mol. The van der Waals surface area contributed by atoms with Gasteiger partial charge in [-0.2, -0.15) is 0 Å². The summed E-state index contributed by atoms with van der Waals surface area (Å²) >= 11 is 0. The molecule has 0 saturated carbocycles. The summed E-state index contributed by atoms with van der Waals surface area (Å²) in [6.07, 6.45) is 2.59. The number of hydrogen-bond donors (Lipinski definition) is 1. The molecule has 96 valence electrons. The van der Waals surface area contributed by atoms with E-state index >= 15 is 0 Å². The zero-order valence-corrected chi connectivity index (χ0v) is 10.4. The Hall–Kier alpha value is -1.55. The van der Waals surface area contributed by atoms with E-state index in [1.54, 1.807) is 0 Å². The summed E-state index contributed by atoms with van der Waals surface area (Å²) < 4.78 is 5.36. The van der Waals surface area contributed by atoms with E-state index in [1.807, 2.05) is 23.1 Å². The highest BCUT2D eigenvalue weighted by atomic mass is 16.5. The van der Waals surface area contributed by atoms with Crippen molar-refractivity contribution in [3.05, 3.63) is 23.8 Å². The predicted octanol–water partition coefficient (Wildman–Crippen LogP) is 1.58. The van der Waals surface area contributed by atoms with Gasteiger partial charge >= 0.3 is 0 Å². The second-order valence-electron chi connectivity index (χ2n) is 5.13. The number of anilines is 2. The molecule has 2 heterocycles. The SMILES string of the molecule is Nc1ccc2c(c1)CC(=O)N2CC1CCOCC1. The number of fused-ring (bicyclic) bond motifs is 1. The molecule has 0 aliphatic carbocycles. The molecule has 1 saturated heterocycles. The van der Waals surface area contributed by atoms with E-state index in [0.717, 1.165) is 49.5 Å². The molecule has 1 amide bonds. The molecular weight excluding hydrogens is 228 g/mol. The van der Waals surface area contributed by atoms with Crippen molar-refractivity contribution in [1.29, 1.82) is 0 Å². The fourth-order valence-electron chi connectivity index (χ4n) is 2.79. The highest BCUT2D eigenvalue weighted by molar-refractivity contribution is 6.01. The van der Waals surface area contributed by atoms with Crippen molar-refractivity contribution in [2.75, 3.05) is 30.4 Å². The largest absolute Gasteiger partial charge is 0.399 e. The summed E-state index contributed by atoms with van der Waals surface area (Å²) in [7, 11) is 0. The molecule has 0 atom stereocenters. The summed E-state index contributed by atoms with van der Waals surface area (Å²) in [6.45, 7) is 2.46. The number of benzene rings is 1. The topological polar surface area (TPSA) is 55.6 Å². The van der Waals surface area contributed by atoms with E-state index in [4.69, 9.17) is 10.5 Å². The molecule has 0 unspecified atom stereocenters. The third-order valence-electron chi connectivity index (χ3n) is 3.82. The van der Waals surface area contributed by atoms with Crippen LogP contribution in [0.4, 0.5) is 11.4 Å². The quantitative estimate of drug-likeness (QED) is 0.806. The lowest BCUT2D eigenvalue weighted by atomic mass is 9.99. The normalized spacial score (nSPS) is 20.2. The van der Waals surface area contributed by atoms with Crippen LogP contribution in [0, 0.1) is 5.92 Å². The molecule has 4 nitrogen and oxygen atoms in total. The standard InChI is InChI=1S/C14H18N2O2/c15-12-1-2-13-11(7-12)8-14(17)16(13)9-10-3-5-18-6-4-10/h1-2,7,10H,3-6,8-9,15H2. The van der Waals surface area contributed by atoms with E-state index in [9.17, 15) is 4.79 Å². The van der Waals surface area contributed by atoms with Crippen LogP contribution in [0.15, 0.2) is 18.2 Å². The van der Waals surface area contributed by atoms with Gasteiger partial charge in [0.2, 0.25) is 5.91 Å². The van der Waals surface area contributed by atoms with E-state index in [0.29, 0.717) is 12.3 Å². The molecule has 1 fully saturated rings. The van der Waals surface area contributed by atoms with Crippen LogP contribution in [0.1, 0.15) is 18.4 Å². The number of ether oxygens (including phenoxy) is 1. The van der Waals surface area contributed by atoms with E-state index in [-0.39, 0.29) is 5.91 Å². The van der Waals surface area contributed by atoms with Crippen LogP contribution < -0.4 is 10.6 Å². The van der Waals surface area contributed by atoms with Crippen molar-refractivity contribution in [3.63, 3.8) is 0 Å². The average Bonchev–Trinajstić information content (AvgIpc) is 2.66. The van der Waals surface area contributed by atoms with Gasteiger partial charge in [0, 0.05) is 31.1 Å². The van der Waals surface area contributed by atoms with Gasteiger partial charge in [0.25, 0.3) is 0 Å². The van der Waals surface area contributed by atoms with E-state index in [2.05, 4.69) is 0 Å². The van der Waals surface area contributed by atoms with Gasteiger partial charge < -0.3 is 15.4 Å². The maximum atomic E-state index is 12.1. The zero-order chi connectivity index (χ0) is 12.5. The number of carbonyl (C=O) groups is 1. The molecular formula is C14H18N2O2. The first-order valence-electron chi connectivity index (χ1n) is 6.50. The van der Waals surface area contributed by atoms with Crippen LogP contribution in [0.2, 0.25) is 0 Å². The fourth-order valence-corrected chi connectivity index (χ4v) is 2.79. The van der Waals surface area contributed by atoms with Crippen LogP contribution in [-0.2, 0) is 16.0 Å². The van der Waals surface area contributed by atoms with Crippen molar-refractivity contribution in [1.82, 2.24) is 0 Å². The Labute approximate surface area is 107 Å². The van der Waals surface area contributed by atoms with Crippen molar-refractivity contribution >= 4 is 17.3 Å². The number of nitrogen functional groups attached to an aromatic ring is 1. The molecule has 0 spiro atoms. The Morgan fingerprint density at radius 3 is 2.89 bits per heavy atom. The van der Waals surface area contributed by atoms with Crippen LogP contribution in [-0.4, -0.2) is 25.7 Å². The van der Waals surface area contributed by atoms with Gasteiger partial charge in [0.15, 0.2) is 0 Å². The lowest BCUT2D eigenvalue weighted by molar-refractivity contribution is -0.117. The summed E-state index contributed by atoms with van der Waals surface area (Å²) in [5.41, 5.74) is 8.60. The van der Waals surface area contributed by atoms with Gasteiger partial charge in [-0.25, -0.2) is 0 Å². The molecule has 0 radical (unpaired) electrons. The lowest BCUT2D eigenvalue weighted by Crippen LogP contribution is -2.34. The second kappa shape index (κ2) is 4.61. The van der Waals surface area contributed by atoms with Gasteiger partial charge in [0.05, 0.1) is 6.42 Å². The minimum atomic E-state index is 0.196. The molecule has 0 aromatic heterocycles. The lowest BCUT2D eigenvalue weighted by Gasteiger charge is -2.27. The predicted molar refractivity (Wildman–Crippen MR) is 70.5 cm³/mol. The Kier molecular flexibility index (Phi) is 2.96. The van der Waals surface area contributed by atoms with Crippen LogP contribution in [0.3, 0.4) is 0 Å².